The first-order valence-corrected chi connectivity index (χ1v) is 7.71. The number of alkyl halides is 1. The van der Waals surface area contributed by atoms with Gasteiger partial charge in [-0.05, 0) is 24.7 Å². The third-order valence-corrected chi connectivity index (χ3v) is 4.96. The van der Waals surface area contributed by atoms with Gasteiger partial charge in [-0.25, -0.2) is 13.1 Å². The quantitative estimate of drug-likeness (QED) is 0.782. The highest BCUT2D eigenvalue weighted by atomic mass is 35.5. The lowest BCUT2D eigenvalue weighted by Gasteiger charge is -2.34. The zero-order chi connectivity index (χ0) is 11.5. The van der Waals surface area contributed by atoms with Crippen LogP contribution in [-0.4, -0.2) is 19.7 Å². The van der Waals surface area contributed by atoms with Gasteiger partial charge in [-0.3, -0.25) is 0 Å². The van der Waals surface area contributed by atoms with Crippen molar-refractivity contribution >= 4 is 21.6 Å². The van der Waals surface area contributed by atoms with Crippen molar-refractivity contribution in [3.63, 3.8) is 0 Å². The molecule has 2 atom stereocenters. The van der Waals surface area contributed by atoms with Gasteiger partial charge in [-0.1, -0.05) is 26.7 Å². The van der Waals surface area contributed by atoms with Crippen LogP contribution in [0.2, 0.25) is 0 Å². The smallest absolute Gasteiger partial charge is 0.211 e. The Morgan fingerprint density at radius 2 is 1.93 bits per heavy atom. The maximum atomic E-state index is 11.4. The van der Waals surface area contributed by atoms with Gasteiger partial charge in [0.15, 0.2) is 0 Å². The van der Waals surface area contributed by atoms with Gasteiger partial charge >= 0.3 is 0 Å². The maximum Gasteiger partial charge on any atom is 0.225 e. The average Bonchev–Trinajstić information content (AvgIpc) is 2.18. The zero-order valence-corrected chi connectivity index (χ0v) is 10.9. The number of halogens is 1. The first-order valence-electron chi connectivity index (χ1n) is 5.52. The van der Waals surface area contributed by atoms with Crippen LogP contribution in [0.4, 0.5) is 0 Å². The van der Waals surface area contributed by atoms with Crippen molar-refractivity contribution in [2.45, 2.75) is 45.6 Å². The first kappa shape index (κ1) is 13.3. The minimum absolute atomic E-state index is 0.0856. The van der Waals surface area contributed by atoms with Crippen molar-refractivity contribution in [1.29, 1.82) is 0 Å². The van der Waals surface area contributed by atoms with Crippen LogP contribution in [0.15, 0.2) is 0 Å². The van der Waals surface area contributed by atoms with Gasteiger partial charge in [0.2, 0.25) is 10.0 Å². The summed E-state index contributed by atoms with van der Waals surface area (Å²) in [7, 11) is -3.27. The van der Waals surface area contributed by atoms with Gasteiger partial charge in [0.1, 0.15) is 5.21 Å². The Morgan fingerprint density at radius 3 is 2.47 bits per heavy atom. The summed E-state index contributed by atoms with van der Waals surface area (Å²) in [5.41, 5.74) is 0. The highest BCUT2D eigenvalue weighted by Crippen LogP contribution is 2.30. The summed E-state index contributed by atoms with van der Waals surface area (Å²) in [6.45, 7) is 4.30. The topological polar surface area (TPSA) is 46.2 Å². The fourth-order valence-electron chi connectivity index (χ4n) is 2.37. The molecule has 3 nitrogen and oxygen atoms in total. The minimum atomic E-state index is -3.27. The van der Waals surface area contributed by atoms with E-state index in [9.17, 15) is 8.42 Å². The van der Waals surface area contributed by atoms with Gasteiger partial charge in [0, 0.05) is 6.04 Å². The third kappa shape index (κ3) is 3.93. The van der Waals surface area contributed by atoms with Crippen molar-refractivity contribution in [2.24, 2.45) is 11.8 Å². The molecule has 2 unspecified atom stereocenters. The molecule has 0 bridgehead atoms. The lowest BCUT2D eigenvalue weighted by atomic mass is 9.78. The predicted molar refractivity (Wildman–Crippen MR) is 63.4 cm³/mol. The molecule has 1 rings (SSSR count). The minimum Gasteiger partial charge on any atom is -0.211 e. The van der Waals surface area contributed by atoms with E-state index in [1.54, 1.807) is 0 Å². The van der Waals surface area contributed by atoms with E-state index in [2.05, 4.69) is 18.6 Å². The van der Waals surface area contributed by atoms with Crippen LogP contribution in [0, 0.1) is 11.8 Å². The number of hydrogen-bond acceptors (Lipinski definition) is 2. The number of nitrogens with one attached hydrogen (secondary N) is 1. The summed E-state index contributed by atoms with van der Waals surface area (Å²) < 4.78 is 25.5. The Hall–Kier alpha value is 0.200. The summed E-state index contributed by atoms with van der Waals surface area (Å²) in [6.07, 6.45) is 4.38. The molecule has 0 amide bonds. The Kier molecular flexibility index (Phi) is 4.87. The van der Waals surface area contributed by atoms with Crippen LogP contribution in [0.5, 0.6) is 0 Å². The molecule has 15 heavy (non-hydrogen) atoms. The second-order valence-corrected chi connectivity index (χ2v) is 6.98. The zero-order valence-electron chi connectivity index (χ0n) is 9.37. The molecular formula is C10H20ClNO2S. The van der Waals surface area contributed by atoms with Gasteiger partial charge in [0.05, 0.1) is 0 Å². The molecule has 1 N–H and O–H groups in total. The fraction of sp³-hybridized carbons (Fsp3) is 1.00. The van der Waals surface area contributed by atoms with Gasteiger partial charge < -0.3 is 0 Å². The molecule has 0 saturated heterocycles. The summed E-state index contributed by atoms with van der Waals surface area (Å²) in [6, 6.07) is 0.0856. The molecule has 0 spiro atoms. The molecule has 1 saturated carbocycles. The van der Waals surface area contributed by atoms with E-state index in [4.69, 9.17) is 11.6 Å². The second-order valence-electron chi connectivity index (χ2n) is 4.64. The van der Waals surface area contributed by atoms with Gasteiger partial charge in [0.25, 0.3) is 0 Å². The molecule has 0 heterocycles. The molecule has 0 aromatic rings. The summed E-state index contributed by atoms with van der Waals surface area (Å²) in [5, 5.41) is -0.339. The number of sulfonamides is 1. The van der Waals surface area contributed by atoms with Gasteiger partial charge in [-0.2, -0.15) is 0 Å². The van der Waals surface area contributed by atoms with Gasteiger partial charge in [-0.15, -0.1) is 11.6 Å². The molecule has 0 aromatic heterocycles. The Labute approximate surface area is 97.6 Å². The summed E-state index contributed by atoms with van der Waals surface area (Å²) >= 11 is 5.39. The van der Waals surface area contributed by atoms with E-state index in [0.717, 1.165) is 19.3 Å². The van der Waals surface area contributed by atoms with Crippen LogP contribution >= 0.6 is 11.6 Å². The van der Waals surface area contributed by atoms with E-state index >= 15 is 0 Å². The SMILES string of the molecule is CC(C)C1CCCCC1NS(=O)(=O)CCl. The van der Waals surface area contributed by atoms with Crippen LogP contribution in [0.3, 0.4) is 0 Å². The molecule has 5 heteroatoms. The van der Waals surface area contributed by atoms with Crippen LogP contribution in [-0.2, 0) is 10.0 Å². The fourth-order valence-corrected chi connectivity index (χ4v) is 3.37. The Morgan fingerprint density at radius 1 is 1.33 bits per heavy atom. The highest BCUT2D eigenvalue weighted by Gasteiger charge is 2.30. The highest BCUT2D eigenvalue weighted by molar-refractivity contribution is 7.90. The molecular weight excluding hydrogens is 234 g/mol. The van der Waals surface area contributed by atoms with E-state index < -0.39 is 10.0 Å². The van der Waals surface area contributed by atoms with Crippen molar-refractivity contribution in [1.82, 2.24) is 4.72 Å². The molecule has 1 aliphatic rings. The van der Waals surface area contributed by atoms with Crippen molar-refractivity contribution in [3.8, 4) is 0 Å². The maximum absolute atomic E-state index is 11.4. The third-order valence-electron chi connectivity index (χ3n) is 3.15. The van der Waals surface area contributed by atoms with Crippen molar-refractivity contribution in [3.05, 3.63) is 0 Å². The molecule has 1 aliphatic carbocycles. The van der Waals surface area contributed by atoms with E-state index in [1.165, 1.54) is 6.42 Å². The van der Waals surface area contributed by atoms with Crippen LogP contribution < -0.4 is 4.72 Å². The summed E-state index contributed by atoms with van der Waals surface area (Å²) in [4.78, 5) is 0. The predicted octanol–water partition coefficient (Wildman–Crippen LogP) is 2.32. The largest absolute Gasteiger partial charge is 0.225 e. The molecule has 0 radical (unpaired) electrons. The Balaban J connectivity index is 2.65. The van der Waals surface area contributed by atoms with Crippen molar-refractivity contribution < 1.29 is 8.42 Å². The molecule has 1 fully saturated rings. The lowest BCUT2D eigenvalue weighted by Crippen LogP contribution is -2.44. The lowest BCUT2D eigenvalue weighted by molar-refractivity contribution is 0.226. The molecule has 90 valence electrons. The second kappa shape index (κ2) is 5.51. The van der Waals surface area contributed by atoms with Crippen molar-refractivity contribution in [2.75, 3.05) is 5.21 Å². The first-order chi connectivity index (χ1) is 6.96. The monoisotopic (exact) mass is 253 g/mol. The average molecular weight is 254 g/mol. The number of hydrogen-bond donors (Lipinski definition) is 1. The summed E-state index contributed by atoms with van der Waals surface area (Å²) in [5.74, 6) is 0.977. The Bertz CT molecular complexity index is 290. The standard InChI is InChI=1S/C10H20ClNO2S/c1-8(2)9-5-3-4-6-10(9)12-15(13,14)7-11/h8-10,12H,3-7H2,1-2H3. The number of rotatable bonds is 4. The van der Waals surface area contributed by atoms with Crippen LogP contribution in [0.25, 0.3) is 0 Å². The van der Waals surface area contributed by atoms with E-state index in [0.29, 0.717) is 11.8 Å². The van der Waals surface area contributed by atoms with E-state index in [1.807, 2.05) is 0 Å². The normalized spacial score (nSPS) is 28.3. The molecule has 0 aliphatic heterocycles. The molecule has 0 aromatic carbocycles. The van der Waals surface area contributed by atoms with E-state index in [-0.39, 0.29) is 11.3 Å². The van der Waals surface area contributed by atoms with Crippen LogP contribution in [0.1, 0.15) is 39.5 Å².